The van der Waals surface area contributed by atoms with Gasteiger partial charge in [0.2, 0.25) is 5.69 Å². The van der Waals surface area contributed by atoms with Crippen molar-refractivity contribution >= 4 is 5.82 Å². The quantitative estimate of drug-likeness (QED) is 0.682. The molecule has 0 aliphatic carbocycles. The second-order valence-corrected chi connectivity index (χ2v) is 6.66. The molecule has 0 saturated carbocycles. The van der Waals surface area contributed by atoms with E-state index in [2.05, 4.69) is 22.3 Å². The summed E-state index contributed by atoms with van der Waals surface area (Å²) >= 11 is 0. The number of alkyl halides is 3. The predicted molar refractivity (Wildman–Crippen MR) is 97.1 cm³/mol. The molecule has 28 heavy (non-hydrogen) atoms. The summed E-state index contributed by atoms with van der Waals surface area (Å²) in [4.78, 5) is 3.06. The molecule has 0 spiro atoms. The van der Waals surface area contributed by atoms with Crippen molar-refractivity contribution < 1.29 is 13.2 Å². The lowest BCUT2D eigenvalue weighted by Crippen LogP contribution is -2.20. The van der Waals surface area contributed by atoms with Crippen LogP contribution in [-0.2, 0) is 6.18 Å². The van der Waals surface area contributed by atoms with Crippen LogP contribution in [-0.4, -0.2) is 28.1 Å². The van der Waals surface area contributed by atoms with Crippen molar-refractivity contribution in [2.75, 3.05) is 18.0 Å². The highest BCUT2D eigenvalue weighted by Crippen LogP contribution is 2.32. The molecule has 0 radical (unpaired) electrons. The van der Waals surface area contributed by atoms with E-state index in [0.29, 0.717) is 24.8 Å². The third-order valence-electron chi connectivity index (χ3n) is 4.87. The Labute approximate surface area is 159 Å². The second kappa shape index (κ2) is 7.00. The summed E-state index contributed by atoms with van der Waals surface area (Å²) in [6.07, 6.45) is -3.55. The van der Waals surface area contributed by atoms with Gasteiger partial charge in [0.15, 0.2) is 5.82 Å². The molecule has 1 aromatic heterocycles. The molecule has 1 aliphatic rings. The van der Waals surface area contributed by atoms with Crippen LogP contribution < -0.4 is 4.90 Å². The molecule has 4 rings (SSSR count). The normalized spacial score (nSPS) is 16.9. The summed E-state index contributed by atoms with van der Waals surface area (Å²) in [6.45, 7) is 1.38. The summed E-state index contributed by atoms with van der Waals surface area (Å²) < 4.78 is 38.9. The Hall–Kier alpha value is -3.34. The van der Waals surface area contributed by atoms with E-state index in [9.17, 15) is 18.4 Å². The maximum absolute atomic E-state index is 13.0. The first-order valence-corrected chi connectivity index (χ1v) is 8.80. The molecule has 1 saturated heterocycles. The summed E-state index contributed by atoms with van der Waals surface area (Å²) in [7, 11) is 0. The van der Waals surface area contributed by atoms with Crippen molar-refractivity contribution in [1.82, 2.24) is 15.0 Å². The zero-order valence-corrected chi connectivity index (χ0v) is 14.8. The standard InChI is InChI=1S/C20H16F3N5/c21-20(22,23)16-7-4-8-17(11-16)28-25-18(12-24)19(26-28)27-10-9-15(13-27)14-5-2-1-3-6-14/h1-8,11,15H,9-10,13H2. The number of anilines is 1. The summed E-state index contributed by atoms with van der Waals surface area (Å²) in [6, 6.07) is 16.8. The van der Waals surface area contributed by atoms with Crippen molar-refractivity contribution in [1.29, 1.82) is 5.26 Å². The van der Waals surface area contributed by atoms with Gasteiger partial charge in [0, 0.05) is 19.0 Å². The van der Waals surface area contributed by atoms with Gasteiger partial charge in [-0.15, -0.1) is 15.0 Å². The minimum absolute atomic E-state index is 0.103. The van der Waals surface area contributed by atoms with Crippen molar-refractivity contribution in [2.45, 2.75) is 18.5 Å². The Balaban J connectivity index is 1.62. The molecule has 2 heterocycles. The minimum atomic E-state index is -4.46. The highest BCUT2D eigenvalue weighted by molar-refractivity contribution is 5.52. The fourth-order valence-corrected chi connectivity index (χ4v) is 3.46. The number of hydrogen-bond donors (Lipinski definition) is 0. The van der Waals surface area contributed by atoms with Crippen LogP contribution in [0.25, 0.3) is 5.69 Å². The van der Waals surface area contributed by atoms with E-state index in [0.717, 1.165) is 23.4 Å². The maximum Gasteiger partial charge on any atom is 0.416 e. The van der Waals surface area contributed by atoms with Gasteiger partial charge in [-0.3, -0.25) is 0 Å². The fourth-order valence-electron chi connectivity index (χ4n) is 3.46. The summed E-state index contributed by atoms with van der Waals surface area (Å²) in [5, 5.41) is 17.9. The van der Waals surface area contributed by atoms with Crippen LogP contribution in [0.1, 0.15) is 29.2 Å². The van der Waals surface area contributed by atoms with Crippen molar-refractivity contribution in [3.05, 3.63) is 71.4 Å². The Morgan fingerprint density at radius 3 is 2.54 bits per heavy atom. The molecule has 1 aliphatic heterocycles. The Bertz CT molecular complexity index is 1020. The van der Waals surface area contributed by atoms with Gasteiger partial charge in [-0.25, -0.2) is 0 Å². The molecule has 0 N–H and O–H groups in total. The van der Waals surface area contributed by atoms with Gasteiger partial charge in [-0.1, -0.05) is 36.4 Å². The van der Waals surface area contributed by atoms with Crippen molar-refractivity contribution in [3.8, 4) is 11.8 Å². The molecule has 3 aromatic rings. The van der Waals surface area contributed by atoms with Crippen LogP contribution in [0.5, 0.6) is 0 Å². The van der Waals surface area contributed by atoms with Gasteiger partial charge in [0.05, 0.1) is 11.3 Å². The second-order valence-electron chi connectivity index (χ2n) is 6.66. The molecule has 1 atom stereocenters. The largest absolute Gasteiger partial charge is 0.416 e. The topological polar surface area (TPSA) is 57.7 Å². The van der Waals surface area contributed by atoms with Crippen LogP contribution in [0, 0.1) is 11.3 Å². The molecule has 0 amide bonds. The number of nitriles is 1. The number of benzene rings is 2. The molecule has 2 aromatic carbocycles. The van der Waals surface area contributed by atoms with Gasteiger partial charge in [-0.2, -0.15) is 18.4 Å². The van der Waals surface area contributed by atoms with Crippen LogP contribution in [0.3, 0.4) is 0 Å². The minimum Gasteiger partial charge on any atom is -0.352 e. The van der Waals surface area contributed by atoms with Crippen LogP contribution in [0.4, 0.5) is 19.0 Å². The highest BCUT2D eigenvalue weighted by Gasteiger charge is 2.31. The van der Waals surface area contributed by atoms with E-state index < -0.39 is 11.7 Å². The molecule has 0 bridgehead atoms. The smallest absolute Gasteiger partial charge is 0.352 e. The summed E-state index contributed by atoms with van der Waals surface area (Å²) in [5.41, 5.74) is 0.698. The van der Waals surface area contributed by atoms with Gasteiger partial charge < -0.3 is 4.90 Å². The lowest BCUT2D eigenvalue weighted by Gasteiger charge is -2.15. The first-order chi connectivity index (χ1) is 13.5. The molecule has 8 heteroatoms. The van der Waals surface area contributed by atoms with Crippen LogP contribution in [0.15, 0.2) is 54.6 Å². The van der Waals surface area contributed by atoms with E-state index in [4.69, 9.17) is 0 Å². The lowest BCUT2D eigenvalue weighted by atomic mass is 9.99. The average molecular weight is 383 g/mol. The van der Waals surface area contributed by atoms with Gasteiger partial charge in [-0.05, 0) is 30.2 Å². The lowest BCUT2D eigenvalue weighted by molar-refractivity contribution is -0.137. The molecular weight excluding hydrogens is 367 g/mol. The predicted octanol–water partition coefficient (Wildman–Crippen LogP) is 4.15. The number of nitrogens with zero attached hydrogens (tertiary/aromatic N) is 5. The zero-order chi connectivity index (χ0) is 19.7. The van der Waals surface area contributed by atoms with Crippen molar-refractivity contribution in [3.63, 3.8) is 0 Å². The van der Waals surface area contributed by atoms with Gasteiger partial charge in [0.25, 0.3) is 0 Å². The number of rotatable bonds is 3. The van der Waals surface area contributed by atoms with Gasteiger partial charge >= 0.3 is 6.18 Å². The van der Waals surface area contributed by atoms with Crippen LogP contribution >= 0.6 is 0 Å². The van der Waals surface area contributed by atoms with E-state index in [1.807, 2.05) is 29.2 Å². The molecule has 142 valence electrons. The van der Waals surface area contributed by atoms with E-state index in [1.165, 1.54) is 17.7 Å². The van der Waals surface area contributed by atoms with Gasteiger partial charge in [0.1, 0.15) is 6.07 Å². The Kier molecular flexibility index (Phi) is 4.51. The zero-order valence-electron chi connectivity index (χ0n) is 14.8. The third-order valence-corrected chi connectivity index (χ3v) is 4.87. The van der Waals surface area contributed by atoms with Crippen LogP contribution in [0.2, 0.25) is 0 Å². The molecule has 1 fully saturated rings. The summed E-state index contributed by atoms with van der Waals surface area (Å²) in [5.74, 6) is 0.713. The highest BCUT2D eigenvalue weighted by atomic mass is 19.4. The van der Waals surface area contributed by atoms with Crippen molar-refractivity contribution in [2.24, 2.45) is 0 Å². The molecular formula is C20H16F3N5. The number of aromatic nitrogens is 3. The fraction of sp³-hybridized carbons (Fsp3) is 0.250. The SMILES string of the molecule is N#Cc1nn(-c2cccc(C(F)(F)F)c2)nc1N1CCC(c2ccccc2)C1. The number of halogens is 3. The first kappa shape index (κ1) is 18.0. The average Bonchev–Trinajstić information content (AvgIpc) is 3.35. The number of hydrogen-bond acceptors (Lipinski definition) is 4. The molecule has 5 nitrogen and oxygen atoms in total. The van der Waals surface area contributed by atoms with E-state index in [-0.39, 0.29) is 11.4 Å². The van der Waals surface area contributed by atoms with E-state index >= 15 is 0 Å². The Morgan fingerprint density at radius 2 is 1.82 bits per heavy atom. The maximum atomic E-state index is 13.0. The third kappa shape index (κ3) is 3.43. The monoisotopic (exact) mass is 383 g/mol. The first-order valence-electron chi connectivity index (χ1n) is 8.80. The Morgan fingerprint density at radius 1 is 1.04 bits per heavy atom. The van der Waals surface area contributed by atoms with E-state index in [1.54, 1.807) is 0 Å². The molecule has 1 unspecified atom stereocenters.